The molecule has 0 saturated heterocycles. The van der Waals surface area contributed by atoms with Crippen molar-refractivity contribution in [1.29, 1.82) is 0 Å². The van der Waals surface area contributed by atoms with Gasteiger partial charge >= 0.3 is 17.1 Å². The summed E-state index contributed by atoms with van der Waals surface area (Å²) < 4.78 is 0. The quantitative estimate of drug-likeness (QED) is 0.616. The fraction of sp³-hybridized carbons (Fsp3) is 0.333. The molecule has 0 aromatic heterocycles. The van der Waals surface area contributed by atoms with Gasteiger partial charge in [0, 0.05) is 5.60 Å². The Morgan fingerprint density at radius 1 is 1.33 bits per heavy atom. The van der Waals surface area contributed by atoms with E-state index in [1.54, 1.807) is 6.08 Å². The van der Waals surface area contributed by atoms with E-state index in [1.807, 2.05) is 42.8 Å². The second-order valence-corrected chi connectivity index (χ2v) is 3.40. The van der Waals surface area contributed by atoms with E-state index in [4.69, 9.17) is 5.73 Å². The molecule has 1 aliphatic rings. The van der Waals surface area contributed by atoms with Crippen LogP contribution in [-0.2, 0) is 17.1 Å². The number of rotatable bonds is 2. The third-order valence-electron chi connectivity index (χ3n) is 2.15. The fourth-order valence-electron chi connectivity index (χ4n) is 1.34. The van der Waals surface area contributed by atoms with Gasteiger partial charge in [-0.2, -0.15) is 18.2 Å². The maximum absolute atomic E-state index is 9.49. The largest absolute Gasteiger partial charge is 2.00 e. The number of hydrogen-bond donors (Lipinski definition) is 2. The molecule has 0 radical (unpaired) electrons. The molecule has 0 aliphatic heterocycles. The van der Waals surface area contributed by atoms with Gasteiger partial charge in [-0.15, -0.1) is 0 Å². The molecule has 1 aromatic carbocycles. The topological polar surface area (TPSA) is 46.2 Å². The summed E-state index contributed by atoms with van der Waals surface area (Å²) in [5.41, 5.74) is 4.67. The molecule has 15 heavy (non-hydrogen) atoms. The molecular formula is C12H17FeNO. The first-order valence-corrected chi connectivity index (χ1v) is 4.87. The molecule has 3 heteroatoms. The van der Waals surface area contributed by atoms with E-state index in [1.165, 1.54) is 0 Å². The molecule has 2 rings (SSSR count). The average Bonchev–Trinajstić information content (AvgIpc) is 2.78. The van der Waals surface area contributed by atoms with E-state index in [-0.39, 0.29) is 17.1 Å². The van der Waals surface area contributed by atoms with E-state index in [9.17, 15) is 5.11 Å². The van der Waals surface area contributed by atoms with Gasteiger partial charge in [0.25, 0.3) is 0 Å². The zero-order valence-corrected chi connectivity index (χ0v) is 9.72. The van der Waals surface area contributed by atoms with Gasteiger partial charge in [-0.05, 0) is 13.0 Å². The predicted molar refractivity (Wildman–Crippen MR) is 58.7 cm³/mol. The van der Waals surface area contributed by atoms with Gasteiger partial charge < -0.3 is 10.8 Å². The van der Waals surface area contributed by atoms with E-state index >= 15 is 0 Å². The Balaban J connectivity index is 0.000000280. The van der Waals surface area contributed by atoms with Gasteiger partial charge in [0.05, 0.1) is 0 Å². The first kappa shape index (κ1) is 14.4. The van der Waals surface area contributed by atoms with Crippen molar-refractivity contribution in [1.82, 2.24) is 0 Å². The van der Waals surface area contributed by atoms with Crippen molar-refractivity contribution in [3.63, 3.8) is 0 Å². The van der Waals surface area contributed by atoms with Crippen LogP contribution in [0.4, 0.5) is 0 Å². The van der Waals surface area contributed by atoms with Gasteiger partial charge in [-0.1, -0.05) is 6.42 Å². The summed E-state index contributed by atoms with van der Waals surface area (Å²) in [5.74, 6) is 0. The summed E-state index contributed by atoms with van der Waals surface area (Å²) in [6, 6.07) is 10.0. The molecule has 84 valence electrons. The summed E-state index contributed by atoms with van der Waals surface area (Å²) in [7, 11) is 0. The molecule has 0 bridgehead atoms. The van der Waals surface area contributed by atoms with Crippen LogP contribution in [0.15, 0.2) is 42.5 Å². The second-order valence-electron chi connectivity index (χ2n) is 3.40. The molecule has 0 spiro atoms. The normalized spacial score (nSPS) is 22.3. The minimum atomic E-state index is -0.616. The van der Waals surface area contributed by atoms with E-state index in [2.05, 4.69) is 0 Å². The standard InChI is InChI=1S/C7H12NO.C5H5.Fe/c8-6-5-7(9)3-1-2-4-7;1-2-4-5-3-1;/h1-3,9H,4-6,8H2;1-5H;/q2*-1;+2. The smallest absolute Gasteiger partial charge is 0.405 e. The summed E-state index contributed by atoms with van der Waals surface area (Å²) in [6.07, 6.45) is 7.04. The minimum absolute atomic E-state index is 0. The Morgan fingerprint density at radius 2 is 2.00 bits per heavy atom. The number of hydrogen-bond acceptors (Lipinski definition) is 2. The van der Waals surface area contributed by atoms with Crippen molar-refractivity contribution < 1.29 is 22.2 Å². The van der Waals surface area contributed by atoms with Crippen LogP contribution in [0.1, 0.15) is 12.8 Å². The molecule has 1 atom stereocenters. The SMILES string of the molecule is NCCC1(O)C=C[CH-]C1.[Fe+2].c1cc[cH-]c1. The Morgan fingerprint density at radius 3 is 2.33 bits per heavy atom. The Bertz CT molecular complexity index is 241. The number of allylic oxidation sites excluding steroid dienone is 1. The van der Waals surface area contributed by atoms with Crippen molar-refractivity contribution in [3.8, 4) is 0 Å². The maximum Gasteiger partial charge on any atom is 2.00 e. The summed E-state index contributed by atoms with van der Waals surface area (Å²) >= 11 is 0. The van der Waals surface area contributed by atoms with Crippen LogP contribution in [0.25, 0.3) is 0 Å². The van der Waals surface area contributed by atoms with Crippen LogP contribution in [0.5, 0.6) is 0 Å². The first-order valence-electron chi connectivity index (χ1n) is 4.87. The molecule has 0 fully saturated rings. The van der Waals surface area contributed by atoms with Crippen LogP contribution in [0.2, 0.25) is 0 Å². The van der Waals surface area contributed by atoms with Crippen molar-refractivity contribution in [2.45, 2.75) is 18.4 Å². The van der Waals surface area contributed by atoms with E-state index in [0.717, 1.165) is 6.42 Å². The van der Waals surface area contributed by atoms with Gasteiger partial charge in [-0.3, -0.25) is 0 Å². The van der Waals surface area contributed by atoms with Crippen LogP contribution in [0.3, 0.4) is 0 Å². The van der Waals surface area contributed by atoms with Crippen molar-refractivity contribution in [2.75, 3.05) is 6.54 Å². The predicted octanol–water partition coefficient (Wildman–Crippen LogP) is 1.63. The molecule has 0 heterocycles. The monoisotopic (exact) mass is 247 g/mol. The van der Waals surface area contributed by atoms with Crippen LogP contribution in [0, 0.1) is 6.42 Å². The van der Waals surface area contributed by atoms with Gasteiger partial charge in [-0.25, -0.2) is 30.7 Å². The number of nitrogens with two attached hydrogens (primary N) is 1. The number of aliphatic hydroxyl groups is 1. The van der Waals surface area contributed by atoms with Crippen LogP contribution < -0.4 is 5.73 Å². The molecular weight excluding hydrogens is 230 g/mol. The molecule has 3 N–H and O–H groups in total. The van der Waals surface area contributed by atoms with Gasteiger partial charge in [0.15, 0.2) is 0 Å². The third kappa shape index (κ3) is 5.75. The van der Waals surface area contributed by atoms with Crippen molar-refractivity contribution >= 4 is 0 Å². The zero-order valence-electron chi connectivity index (χ0n) is 8.62. The van der Waals surface area contributed by atoms with E-state index in [0.29, 0.717) is 13.0 Å². The zero-order chi connectivity index (χ0) is 10.3. The molecule has 1 aromatic rings. The Kier molecular flexibility index (Phi) is 7.35. The van der Waals surface area contributed by atoms with Crippen LogP contribution in [-0.4, -0.2) is 17.3 Å². The van der Waals surface area contributed by atoms with Gasteiger partial charge in [0.1, 0.15) is 0 Å². The third-order valence-corrected chi connectivity index (χ3v) is 2.15. The molecule has 0 amide bonds. The Labute approximate surface area is 102 Å². The molecule has 1 aliphatic carbocycles. The van der Waals surface area contributed by atoms with Crippen molar-refractivity contribution in [2.24, 2.45) is 5.73 Å². The summed E-state index contributed by atoms with van der Waals surface area (Å²) in [4.78, 5) is 0. The molecule has 1 unspecified atom stereocenters. The minimum Gasteiger partial charge on any atom is -0.405 e. The average molecular weight is 247 g/mol. The van der Waals surface area contributed by atoms with Crippen molar-refractivity contribution in [3.05, 3.63) is 48.9 Å². The Hall–Kier alpha value is -0.601. The van der Waals surface area contributed by atoms with Gasteiger partial charge in [0.2, 0.25) is 0 Å². The van der Waals surface area contributed by atoms with E-state index < -0.39 is 5.60 Å². The maximum atomic E-state index is 9.49. The summed E-state index contributed by atoms with van der Waals surface area (Å²) in [5, 5.41) is 9.49. The molecule has 2 nitrogen and oxygen atoms in total. The molecule has 0 saturated carbocycles. The second kappa shape index (κ2) is 7.66. The fourth-order valence-corrected chi connectivity index (χ4v) is 1.34. The summed E-state index contributed by atoms with van der Waals surface area (Å²) in [6.45, 7) is 0.550. The van der Waals surface area contributed by atoms with Crippen LogP contribution >= 0.6 is 0 Å². The first-order chi connectivity index (χ1) is 6.77.